The Hall–Kier alpha value is -3.98. The van der Waals surface area contributed by atoms with E-state index in [0.29, 0.717) is 48.5 Å². The van der Waals surface area contributed by atoms with Gasteiger partial charge in [0.15, 0.2) is 0 Å². The average Bonchev–Trinajstić information content (AvgIpc) is 3.01. The summed E-state index contributed by atoms with van der Waals surface area (Å²) in [6, 6.07) is 13.6. The van der Waals surface area contributed by atoms with E-state index in [2.05, 4.69) is 14.1 Å². The summed E-state index contributed by atoms with van der Waals surface area (Å²) >= 11 is 0. The molecule has 49 heavy (non-hydrogen) atoms. The summed E-state index contributed by atoms with van der Waals surface area (Å²) in [5, 5.41) is 0. The van der Waals surface area contributed by atoms with Gasteiger partial charge in [-0.1, -0.05) is 97.1 Å². The monoisotopic (exact) mass is 707 g/mol. The molecular formula is C34H30BF12NO. The van der Waals surface area contributed by atoms with E-state index in [4.69, 9.17) is 4.74 Å². The number of quaternary nitrogens is 1. The van der Waals surface area contributed by atoms with Crippen LogP contribution >= 0.6 is 0 Å². The minimum atomic E-state index is -4.77. The van der Waals surface area contributed by atoms with E-state index in [1.807, 2.05) is 0 Å². The van der Waals surface area contributed by atoms with Crippen LogP contribution in [0.25, 0.3) is 0 Å². The number of nitrogens with zero attached hydrogens (tertiary/aromatic N) is 1. The van der Waals surface area contributed by atoms with Gasteiger partial charge in [0.2, 0.25) is 0 Å². The number of rotatable bonds is 4. The van der Waals surface area contributed by atoms with Crippen LogP contribution in [0.15, 0.2) is 97.1 Å². The van der Waals surface area contributed by atoms with Crippen LogP contribution < -0.4 is 21.9 Å². The van der Waals surface area contributed by atoms with Crippen LogP contribution in [0, 0.1) is 0 Å². The highest BCUT2D eigenvalue weighted by Gasteiger charge is 2.38. The first-order valence-electron chi connectivity index (χ1n) is 14.8. The second-order valence-electron chi connectivity index (χ2n) is 12.3. The van der Waals surface area contributed by atoms with Gasteiger partial charge in [0.1, 0.15) is 19.2 Å². The van der Waals surface area contributed by atoms with Crippen molar-refractivity contribution in [3.05, 3.63) is 119 Å². The topological polar surface area (TPSA) is 9.23 Å². The van der Waals surface area contributed by atoms with Gasteiger partial charge in [-0.15, -0.1) is 0 Å². The lowest BCUT2D eigenvalue weighted by molar-refractivity contribution is -0.898. The maximum Gasteiger partial charge on any atom is 0.416 e. The Kier molecular flexibility index (Phi) is 10.6. The smallest absolute Gasteiger partial charge is 0.370 e. The standard InChI is InChI=1S/C28H16BF12.C6H14NO/c30-25(31,32)17-1-9-21(10-2-17)29(22-11-3-18(4-12-22)26(33,34)35,23-13-5-19(6-14-23)27(36,37)38)24-15-7-20(8-16-24)28(39,40)41;1-7(2)3-5-8-6-4-7/h1-16H;3-6H2,1-2H3/q-1;+1. The molecule has 0 spiro atoms. The Morgan fingerprint density at radius 1 is 0.408 bits per heavy atom. The van der Waals surface area contributed by atoms with E-state index in [0.717, 1.165) is 66.2 Å². The number of halogens is 12. The summed E-state index contributed by atoms with van der Waals surface area (Å²) in [6.45, 7) is 4.21. The first-order chi connectivity index (χ1) is 22.5. The van der Waals surface area contributed by atoms with Crippen molar-refractivity contribution in [3.63, 3.8) is 0 Å². The molecule has 4 aromatic rings. The molecule has 15 heteroatoms. The molecule has 0 radical (unpaired) electrons. The summed E-state index contributed by atoms with van der Waals surface area (Å²) in [5.74, 6) is 0. The Morgan fingerprint density at radius 2 is 0.612 bits per heavy atom. The van der Waals surface area contributed by atoms with Crippen molar-refractivity contribution in [2.45, 2.75) is 24.7 Å². The van der Waals surface area contributed by atoms with Crippen LogP contribution in [0.1, 0.15) is 22.3 Å². The third kappa shape index (κ3) is 8.79. The predicted molar refractivity (Wildman–Crippen MR) is 163 cm³/mol. The van der Waals surface area contributed by atoms with Crippen molar-refractivity contribution >= 4 is 28.0 Å². The van der Waals surface area contributed by atoms with Crippen LogP contribution in [-0.2, 0) is 29.4 Å². The Labute approximate surface area is 274 Å². The lowest BCUT2D eigenvalue weighted by Gasteiger charge is -2.44. The molecule has 1 heterocycles. The largest absolute Gasteiger partial charge is 0.416 e. The molecule has 0 atom stereocenters. The average molecular weight is 707 g/mol. The fourth-order valence-corrected chi connectivity index (χ4v) is 5.84. The zero-order valence-corrected chi connectivity index (χ0v) is 26.0. The first-order valence-corrected chi connectivity index (χ1v) is 14.8. The van der Waals surface area contributed by atoms with Gasteiger partial charge in [0.25, 0.3) is 0 Å². The summed E-state index contributed by atoms with van der Waals surface area (Å²) in [4.78, 5) is 0. The minimum Gasteiger partial charge on any atom is -0.370 e. The van der Waals surface area contributed by atoms with Crippen molar-refractivity contribution in [3.8, 4) is 0 Å². The van der Waals surface area contributed by atoms with E-state index in [1.165, 1.54) is 13.1 Å². The number of morpholine rings is 1. The normalized spacial score (nSPS) is 15.7. The molecule has 264 valence electrons. The van der Waals surface area contributed by atoms with Crippen LogP contribution in [0.3, 0.4) is 0 Å². The summed E-state index contributed by atoms with van der Waals surface area (Å²) in [7, 11) is 4.48. The van der Waals surface area contributed by atoms with Crippen molar-refractivity contribution in [2.75, 3.05) is 40.4 Å². The van der Waals surface area contributed by atoms with E-state index < -0.39 is 53.1 Å². The molecule has 1 saturated heterocycles. The van der Waals surface area contributed by atoms with Gasteiger partial charge in [-0.3, -0.25) is 0 Å². The first kappa shape index (κ1) is 37.8. The fraction of sp³-hybridized carbons (Fsp3) is 0.294. The highest BCUT2D eigenvalue weighted by molar-refractivity contribution is 7.19. The van der Waals surface area contributed by atoms with Gasteiger partial charge in [0, 0.05) is 0 Å². The Morgan fingerprint density at radius 3 is 0.755 bits per heavy atom. The molecule has 0 saturated carbocycles. The molecule has 0 N–H and O–H groups in total. The highest BCUT2D eigenvalue weighted by Crippen LogP contribution is 2.32. The second kappa shape index (κ2) is 13.7. The van der Waals surface area contributed by atoms with Crippen LogP contribution in [0.4, 0.5) is 52.7 Å². The number of alkyl halides is 12. The molecule has 0 unspecified atom stereocenters. The van der Waals surface area contributed by atoms with Crippen LogP contribution in [-0.4, -0.2) is 51.0 Å². The molecule has 1 aliphatic rings. The molecule has 2 nitrogen and oxygen atoms in total. The lowest BCUT2D eigenvalue weighted by Crippen LogP contribution is -2.74. The van der Waals surface area contributed by atoms with Crippen molar-refractivity contribution in [1.82, 2.24) is 0 Å². The van der Waals surface area contributed by atoms with Gasteiger partial charge >= 0.3 is 24.7 Å². The Balaban J connectivity index is 0.000000592. The minimum absolute atomic E-state index is 0.0114. The number of ether oxygens (including phenoxy) is 1. The van der Waals surface area contributed by atoms with E-state index in [1.54, 1.807) is 0 Å². The number of benzene rings is 4. The third-order valence-electron chi connectivity index (χ3n) is 8.63. The van der Waals surface area contributed by atoms with Gasteiger partial charge in [-0.25, -0.2) is 0 Å². The van der Waals surface area contributed by atoms with Crippen molar-refractivity contribution in [1.29, 1.82) is 0 Å². The molecule has 0 aromatic heterocycles. The molecule has 0 bridgehead atoms. The molecule has 1 aliphatic heterocycles. The lowest BCUT2D eigenvalue weighted by atomic mass is 9.13. The number of likely N-dealkylation sites (N-methyl/N-ethyl adjacent to an activating group) is 1. The molecule has 4 aromatic carbocycles. The van der Waals surface area contributed by atoms with E-state index in [-0.39, 0.29) is 21.9 Å². The molecule has 5 rings (SSSR count). The SMILES string of the molecule is C[N+]1(C)CCOCC1.FC(F)(F)c1ccc([B-](c2ccc(C(F)(F)F)cc2)(c2ccc(C(F)(F)F)cc2)c2ccc(C(F)(F)F)cc2)cc1. The maximum atomic E-state index is 13.3. The number of hydrogen-bond acceptors (Lipinski definition) is 1. The zero-order valence-electron chi connectivity index (χ0n) is 26.0. The van der Waals surface area contributed by atoms with Crippen LogP contribution in [0.2, 0.25) is 0 Å². The highest BCUT2D eigenvalue weighted by atomic mass is 19.4. The van der Waals surface area contributed by atoms with Gasteiger partial charge in [-0.2, -0.15) is 74.5 Å². The van der Waals surface area contributed by atoms with Gasteiger partial charge in [-0.05, 0) is 0 Å². The maximum absolute atomic E-state index is 13.3. The summed E-state index contributed by atoms with van der Waals surface area (Å²) in [5.41, 5.74) is -4.29. The van der Waals surface area contributed by atoms with Gasteiger partial charge in [0.05, 0.1) is 49.6 Å². The third-order valence-corrected chi connectivity index (χ3v) is 8.63. The second-order valence-corrected chi connectivity index (χ2v) is 12.3. The molecule has 1 fully saturated rings. The van der Waals surface area contributed by atoms with Crippen molar-refractivity contribution in [2.24, 2.45) is 0 Å². The number of hydrogen-bond donors (Lipinski definition) is 0. The van der Waals surface area contributed by atoms with Crippen molar-refractivity contribution < 1.29 is 61.9 Å². The summed E-state index contributed by atoms with van der Waals surface area (Å²) < 4.78 is 166. The van der Waals surface area contributed by atoms with E-state index in [9.17, 15) is 52.7 Å². The fourth-order valence-electron chi connectivity index (χ4n) is 5.84. The molecule has 0 aliphatic carbocycles. The van der Waals surface area contributed by atoms with Gasteiger partial charge < -0.3 is 9.22 Å². The Bertz CT molecular complexity index is 1430. The van der Waals surface area contributed by atoms with E-state index >= 15 is 0 Å². The summed E-state index contributed by atoms with van der Waals surface area (Å²) in [6.07, 6.45) is -22.0. The quantitative estimate of drug-likeness (QED) is 0.124. The molecular weight excluding hydrogens is 677 g/mol. The molecule has 0 amide bonds. The zero-order chi connectivity index (χ0) is 36.5. The predicted octanol–water partition coefficient (Wildman–Crippen LogP) is 7.23. The van der Waals surface area contributed by atoms with Crippen LogP contribution in [0.5, 0.6) is 0 Å².